The van der Waals surface area contributed by atoms with Gasteiger partial charge in [-0.05, 0) is 25.7 Å². The number of hydrogen-bond donors (Lipinski definition) is 1. The van der Waals surface area contributed by atoms with E-state index in [0.717, 1.165) is 12.8 Å². The fraction of sp³-hybridized carbons (Fsp3) is 0.833. The maximum atomic E-state index is 11.4. The van der Waals surface area contributed by atoms with Gasteiger partial charge in [0.2, 0.25) is 0 Å². The molecule has 18 heavy (non-hydrogen) atoms. The summed E-state index contributed by atoms with van der Waals surface area (Å²) in [6.45, 7) is 1.93. The first-order chi connectivity index (χ1) is 8.54. The SMILES string of the molecule is C[C@@H]1O[C@H](COC(=O)CC2CC2)CC1OC(=O)O. The van der Waals surface area contributed by atoms with Gasteiger partial charge in [-0.1, -0.05) is 0 Å². The molecule has 1 aliphatic heterocycles. The Kier molecular flexibility index (Phi) is 4.06. The van der Waals surface area contributed by atoms with Crippen molar-refractivity contribution in [3.05, 3.63) is 0 Å². The molecule has 1 N–H and O–H groups in total. The molecule has 0 radical (unpaired) electrons. The number of carboxylic acid groups (broad SMARTS) is 1. The molecule has 0 aromatic rings. The minimum atomic E-state index is -1.30. The molecule has 2 aliphatic rings. The average Bonchev–Trinajstić information content (AvgIpc) is 3.01. The summed E-state index contributed by atoms with van der Waals surface area (Å²) < 4.78 is 15.3. The number of ether oxygens (including phenoxy) is 3. The summed E-state index contributed by atoms with van der Waals surface area (Å²) in [5.74, 6) is 0.306. The third kappa shape index (κ3) is 3.87. The molecule has 0 spiro atoms. The van der Waals surface area contributed by atoms with Crippen LogP contribution in [-0.2, 0) is 19.0 Å². The lowest BCUT2D eigenvalue weighted by Gasteiger charge is -2.11. The van der Waals surface area contributed by atoms with E-state index in [4.69, 9.17) is 14.6 Å². The summed E-state index contributed by atoms with van der Waals surface area (Å²) in [6, 6.07) is 0. The van der Waals surface area contributed by atoms with E-state index < -0.39 is 12.3 Å². The maximum absolute atomic E-state index is 11.4. The molecular weight excluding hydrogens is 240 g/mol. The molecule has 6 nitrogen and oxygen atoms in total. The zero-order chi connectivity index (χ0) is 13.1. The summed E-state index contributed by atoms with van der Waals surface area (Å²) in [5.41, 5.74) is 0. The van der Waals surface area contributed by atoms with Crippen molar-refractivity contribution in [3.8, 4) is 0 Å². The highest BCUT2D eigenvalue weighted by atomic mass is 16.7. The van der Waals surface area contributed by atoms with Crippen LogP contribution in [0.1, 0.15) is 32.6 Å². The van der Waals surface area contributed by atoms with E-state index >= 15 is 0 Å². The number of esters is 1. The number of hydrogen-bond acceptors (Lipinski definition) is 5. The smallest absolute Gasteiger partial charge is 0.463 e. The molecule has 1 heterocycles. The second-order valence-corrected chi connectivity index (χ2v) is 4.95. The van der Waals surface area contributed by atoms with Crippen molar-refractivity contribution in [1.82, 2.24) is 0 Å². The topological polar surface area (TPSA) is 82.1 Å². The van der Waals surface area contributed by atoms with Gasteiger partial charge < -0.3 is 19.3 Å². The van der Waals surface area contributed by atoms with Gasteiger partial charge in [-0.3, -0.25) is 4.79 Å². The highest BCUT2D eigenvalue weighted by molar-refractivity contribution is 5.70. The number of carbonyl (C=O) groups excluding carboxylic acids is 1. The van der Waals surface area contributed by atoms with Gasteiger partial charge in [0, 0.05) is 12.8 Å². The van der Waals surface area contributed by atoms with E-state index in [-0.39, 0.29) is 24.8 Å². The molecule has 0 aromatic heterocycles. The molecule has 102 valence electrons. The Labute approximate surface area is 105 Å². The Morgan fingerprint density at radius 2 is 2.11 bits per heavy atom. The highest BCUT2D eigenvalue weighted by Crippen LogP contribution is 2.32. The fourth-order valence-corrected chi connectivity index (χ4v) is 2.08. The summed E-state index contributed by atoms with van der Waals surface area (Å²) >= 11 is 0. The fourth-order valence-electron chi connectivity index (χ4n) is 2.08. The van der Waals surface area contributed by atoms with Crippen LogP contribution in [0.4, 0.5) is 4.79 Å². The summed E-state index contributed by atoms with van der Waals surface area (Å²) in [5, 5.41) is 8.54. The summed E-state index contributed by atoms with van der Waals surface area (Å²) in [6.07, 6.45) is 0.792. The minimum Gasteiger partial charge on any atom is -0.463 e. The first-order valence-corrected chi connectivity index (χ1v) is 6.25. The molecule has 1 aliphatic carbocycles. The quantitative estimate of drug-likeness (QED) is 0.754. The van der Waals surface area contributed by atoms with Crippen molar-refractivity contribution in [2.75, 3.05) is 6.61 Å². The second kappa shape index (κ2) is 5.56. The molecule has 2 rings (SSSR count). The van der Waals surface area contributed by atoms with Crippen LogP contribution < -0.4 is 0 Å². The van der Waals surface area contributed by atoms with Gasteiger partial charge in [-0.15, -0.1) is 0 Å². The van der Waals surface area contributed by atoms with Crippen LogP contribution in [-0.4, -0.2) is 42.1 Å². The monoisotopic (exact) mass is 258 g/mol. The molecule has 6 heteroatoms. The zero-order valence-electron chi connectivity index (χ0n) is 10.3. The average molecular weight is 258 g/mol. The summed E-state index contributed by atoms with van der Waals surface area (Å²) in [4.78, 5) is 21.8. The Hall–Kier alpha value is -1.30. The lowest BCUT2D eigenvalue weighted by atomic mass is 10.1. The predicted molar refractivity (Wildman–Crippen MR) is 60.1 cm³/mol. The van der Waals surface area contributed by atoms with Crippen molar-refractivity contribution in [3.63, 3.8) is 0 Å². The lowest BCUT2D eigenvalue weighted by Crippen LogP contribution is -2.23. The molecular formula is C12H18O6. The molecule has 1 saturated carbocycles. The van der Waals surface area contributed by atoms with Gasteiger partial charge in [0.05, 0.1) is 12.2 Å². The number of rotatable bonds is 5. The van der Waals surface area contributed by atoms with Crippen molar-refractivity contribution >= 4 is 12.1 Å². The van der Waals surface area contributed by atoms with Crippen LogP contribution in [0.25, 0.3) is 0 Å². The normalized spacial score (nSPS) is 31.1. The van der Waals surface area contributed by atoms with Crippen LogP contribution in [0.5, 0.6) is 0 Å². The third-order valence-corrected chi connectivity index (χ3v) is 3.26. The minimum absolute atomic E-state index is 0.176. The lowest BCUT2D eigenvalue weighted by molar-refractivity contribution is -0.147. The van der Waals surface area contributed by atoms with Gasteiger partial charge in [0.15, 0.2) is 0 Å². The predicted octanol–water partition coefficient (Wildman–Crippen LogP) is 1.57. The van der Waals surface area contributed by atoms with E-state index in [2.05, 4.69) is 4.74 Å². The van der Waals surface area contributed by atoms with Gasteiger partial charge in [0.25, 0.3) is 0 Å². The van der Waals surface area contributed by atoms with E-state index in [1.807, 2.05) is 0 Å². The van der Waals surface area contributed by atoms with E-state index in [1.165, 1.54) is 0 Å². The van der Waals surface area contributed by atoms with Gasteiger partial charge in [-0.25, -0.2) is 4.79 Å². The first kappa shape index (κ1) is 13.1. The van der Waals surface area contributed by atoms with Crippen LogP contribution >= 0.6 is 0 Å². The Morgan fingerprint density at radius 3 is 2.72 bits per heavy atom. The molecule has 0 aromatic carbocycles. The number of carbonyl (C=O) groups is 2. The second-order valence-electron chi connectivity index (χ2n) is 4.95. The van der Waals surface area contributed by atoms with Gasteiger partial charge in [-0.2, -0.15) is 0 Å². The van der Waals surface area contributed by atoms with E-state index in [9.17, 15) is 9.59 Å². The maximum Gasteiger partial charge on any atom is 0.506 e. The van der Waals surface area contributed by atoms with Crippen molar-refractivity contribution < 1.29 is 28.9 Å². The molecule has 0 amide bonds. The van der Waals surface area contributed by atoms with E-state index in [1.54, 1.807) is 6.92 Å². The molecule has 3 atom stereocenters. The molecule has 2 fully saturated rings. The van der Waals surface area contributed by atoms with Crippen LogP contribution in [0.2, 0.25) is 0 Å². The Morgan fingerprint density at radius 1 is 1.39 bits per heavy atom. The van der Waals surface area contributed by atoms with E-state index in [0.29, 0.717) is 18.8 Å². The largest absolute Gasteiger partial charge is 0.506 e. The Balaban J connectivity index is 1.67. The van der Waals surface area contributed by atoms with Crippen LogP contribution in [0.3, 0.4) is 0 Å². The van der Waals surface area contributed by atoms with Crippen molar-refractivity contribution in [1.29, 1.82) is 0 Å². The van der Waals surface area contributed by atoms with Crippen LogP contribution in [0, 0.1) is 5.92 Å². The zero-order valence-corrected chi connectivity index (χ0v) is 10.3. The molecule has 1 saturated heterocycles. The Bertz CT molecular complexity index is 325. The highest BCUT2D eigenvalue weighted by Gasteiger charge is 2.36. The third-order valence-electron chi connectivity index (χ3n) is 3.26. The van der Waals surface area contributed by atoms with Gasteiger partial charge >= 0.3 is 12.1 Å². The molecule has 0 bridgehead atoms. The molecule has 1 unspecified atom stereocenters. The summed E-state index contributed by atoms with van der Waals surface area (Å²) in [7, 11) is 0. The first-order valence-electron chi connectivity index (χ1n) is 6.25. The van der Waals surface area contributed by atoms with Crippen molar-refractivity contribution in [2.45, 2.75) is 50.9 Å². The van der Waals surface area contributed by atoms with Crippen molar-refractivity contribution in [2.24, 2.45) is 5.92 Å². The van der Waals surface area contributed by atoms with Crippen LogP contribution in [0.15, 0.2) is 0 Å². The van der Waals surface area contributed by atoms with Gasteiger partial charge in [0.1, 0.15) is 12.7 Å². The standard InChI is InChI=1S/C12H18O6/c1-7-10(18-12(14)15)5-9(17-7)6-16-11(13)4-8-2-3-8/h7-10H,2-6H2,1H3,(H,14,15)/t7-,9-,10?/m0/s1.